The van der Waals surface area contributed by atoms with E-state index in [4.69, 9.17) is 30.5 Å². The molecule has 2 aromatic rings. The molecule has 8 heteroatoms. The van der Waals surface area contributed by atoms with E-state index in [1.165, 1.54) is 7.11 Å². The van der Waals surface area contributed by atoms with Crippen LogP contribution >= 0.6 is 11.6 Å². The molecule has 1 aliphatic heterocycles. The van der Waals surface area contributed by atoms with Gasteiger partial charge < -0.3 is 24.1 Å². The van der Waals surface area contributed by atoms with Gasteiger partial charge in [0.15, 0.2) is 11.5 Å². The fraction of sp³-hybridized carbons (Fsp3) is 0.438. The van der Waals surface area contributed by atoms with E-state index in [0.717, 1.165) is 6.42 Å². The molecule has 3 aliphatic rings. The molecule has 1 N–H and O–H groups in total. The number of benzene rings is 2. The second-order valence-corrected chi connectivity index (χ2v) is 12.0. The summed E-state index contributed by atoms with van der Waals surface area (Å²) in [6.45, 7) is 11.4. The SMILES string of the molecule is C=Cc1c(C)c(Cl)c2c(c1OC(=O)[C@]1(C)C[C@@H]3C=C[C@H]1C3)Oc1ccc([C@@H](O)CC(C)C)c(OC)c1C(=O)OC2. The zero-order valence-electron chi connectivity index (χ0n) is 23.5. The lowest BCUT2D eigenvalue weighted by atomic mass is 9.78. The van der Waals surface area contributed by atoms with Gasteiger partial charge in [-0.05, 0) is 68.6 Å². The molecule has 0 amide bonds. The van der Waals surface area contributed by atoms with Crippen LogP contribution in [-0.2, 0) is 16.1 Å². The van der Waals surface area contributed by atoms with Gasteiger partial charge in [0.25, 0.3) is 0 Å². The van der Waals surface area contributed by atoms with Crippen LogP contribution in [0.5, 0.6) is 23.0 Å². The first-order chi connectivity index (χ1) is 19.0. The predicted molar refractivity (Wildman–Crippen MR) is 152 cm³/mol. The summed E-state index contributed by atoms with van der Waals surface area (Å²) in [6.07, 6.45) is 7.11. The molecule has 212 valence electrons. The van der Waals surface area contributed by atoms with Crippen molar-refractivity contribution in [3.63, 3.8) is 0 Å². The highest BCUT2D eigenvalue weighted by Gasteiger charge is 2.51. The van der Waals surface area contributed by atoms with Crippen LogP contribution in [0.4, 0.5) is 0 Å². The molecule has 0 saturated heterocycles. The molecule has 4 atom stereocenters. The molecule has 0 aromatic heterocycles. The highest BCUT2D eigenvalue weighted by atomic mass is 35.5. The first-order valence-corrected chi connectivity index (χ1v) is 14.0. The normalized spacial score (nSPS) is 23.4. The second-order valence-electron chi connectivity index (χ2n) is 11.6. The van der Waals surface area contributed by atoms with Crippen molar-refractivity contribution in [2.45, 2.75) is 59.7 Å². The number of ether oxygens (including phenoxy) is 4. The van der Waals surface area contributed by atoms with Crippen LogP contribution in [0.15, 0.2) is 30.9 Å². The molecule has 2 aliphatic carbocycles. The van der Waals surface area contributed by atoms with Gasteiger partial charge in [0.1, 0.15) is 23.7 Å². The summed E-state index contributed by atoms with van der Waals surface area (Å²) < 4.78 is 23.9. The van der Waals surface area contributed by atoms with Gasteiger partial charge in [-0.2, -0.15) is 0 Å². The van der Waals surface area contributed by atoms with Crippen molar-refractivity contribution in [3.8, 4) is 23.0 Å². The van der Waals surface area contributed by atoms with E-state index in [1.807, 2.05) is 20.8 Å². The first-order valence-electron chi connectivity index (χ1n) is 13.6. The average molecular weight is 567 g/mol. The van der Waals surface area contributed by atoms with Crippen LogP contribution in [0.1, 0.15) is 78.7 Å². The third-order valence-corrected chi connectivity index (χ3v) is 8.95. The van der Waals surface area contributed by atoms with Crippen molar-refractivity contribution in [2.24, 2.45) is 23.2 Å². The topological polar surface area (TPSA) is 91.3 Å². The Kier molecular flexibility index (Phi) is 7.48. The number of carbonyl (C=O) groups is 2. The zero-order chi connectivity index (χ0) is 28.9. The number of esters is 2. The van der Waals surface area contributed by atoms with E-state index in [2.05, 4.69) is 18.7 Å². The Morgan fingerprint density at radius 3 is 2.65 bits per heavy atom. The summed E-state index contributed by atoms with van der Waals surface area (Å²) in [4.78, 5) is 27.0. The summed E-state index contributed by atoms with van der Waals surface area (Å²) in [5.74, 6) is 0.291. The smallest absolute Gasteiger partial charge is 0.346 e. The molecule has 1 heterocycles. The summed E-state index contributed by atoms with van der Waals surface area (Å²) in [5.41, 5.74) is 1.34. The maximum absolute atomic E-state index is 13.7. The molecule has 5 rings (SSSR count). The lowest BCUT2D eigenvalue weighted by Gasteiger charge is -2.30. The monoisotopic (exact) mass is 566 g/mol. The Morgan fingerprint density at radius 1 is 1.30 bits per heavy atom. The quantitative estimate of drug-likeness (QED) is 0.213. The predicted octanol–water partition coefficient (Wildman–Crippen LogP) is 7.35. The standard InChI is InChI=1S/C32H35ClO7/c1-7-20-17(4)26(33)22-15-38-30(35)25-24(11-10-21(27(25)37-6)23(34)12-16(2)3)39-29(22)28(20)40-31(36)32(5)14-18-8-9-19(32)13-18/h7-11,16,18-19,23,34H,1,12-15H2,2-6H3/t18-,19+,23+,32-/m1/s1. The summed E-state index contributed by atoms with van der Waals surface area (Å²) >= 11 is 6.76. The maximum atomic E-state index is 13.7. The number of cyclic esters (lactones) is 1. The van der Waals surface area contributed by atoms with Crippen LogP contribution in [0, 0.1) is 30.1 Å². The molecule has 0 spiro atoms. The molecule has 2 aromatic carbocycles. The molecule has 7 nitrogen and oxygen atoms in total. The number of aliphatic hydroxyl groups is 1. The largest absolute Gasteiger partial charge is 0.495 e. The van der Waals surface area contributed by atoms with E-state index in [9.17, 15) is 14.7 Å². The van der Waals surface area contributed by atoms with Crippen LogP contribution < -0.4 is 14.2 Å². The van der Waals surface area contributed by atoms with Crippen LogP contribution in [0.2, 0.25) is 5.02 Å². The summed E-state index contributed by atoms with van der Waals surface area (Å²) in [5, 5.41) is 11.2. The molecule has 0 unspecified atom stereocenters. The Bertz CT molecular complexity index is 1430. The Hall–Kier alpha value is -3.29. The fourth-order valence-corrected chi connectivity index (χ4v) is 6.47. The molecule has 1 saturated carbocycles. The van der Waals surface area contributed by atoms with Gasteiger partial charge in [-0.25, -0.2) is 4.79 Å². The van der Waals surface area contributed by atoms with Crippen molar-refractivity contribution in [1.29, 1.82) is 0 Å². The zero-order valence-corrected chi connectivity index (χ0v) is 24.3. The highest BCUT2D eigenvalue weighted by Crippen LogP contribution is 2.54. The summed E-state index contributed by atoms with van der Waals surface area (Å²) in [7, 11) is 1.43. The molecule has 2 bridgehead atoms. The fourth-order valence-electron chi connectivity index (χ4n) is 6.23. The number of carbonyl (C=O) groups excluding carboxylic acids is 2. The van der Waals surface area contributed by atoms with Crippen LogP contribution in [0.25, 0.3) is 6.08 Å². The Morgan fingerprint density at radius 2 is 2.05 bits per heavy atom. The van der Waals surface area contributed by atoms with Gasteiger partial charge >= 0.3 is 11.9 Å². The Labute approximate surface area is 239 Å². The molecule has 40 heavy (non-hydrogen) atoms. The van der Waals surface area contributed by atoms with Crippen molar-refractivity contribution in [3.05, 3.63) is 63.7 Å². The minimum atomic E-state index is -0.858. The van der Waals surface area contributed by atoms with E-state index in [1.54, 1.807) is 25.1 Å². The van der Waals surface area contributed by atoms with Gasteiger partial charge in [0, 0.05) is 11.1 Å². The van der Waals surface area contributed by atoms with Crippen LogP contribution in [0.3, 0.4) is 0 Å². The van der Waals surface area contributed by atoms with Gasteiger partial charge in [-0.15, -0.1) is 0 Å². The van der Waals surface area contributed by atoms with E-state index < -0.39 is 17.5 Å². The lowest BCUT2D eigenvalue weighted by molar-refractivity contribution is -0.146. The molecular formula is C32H35ClO7. The third kappa shape index (κ3) is 4.59. The Balaban J connectivity index is 1.64. The van der Waals surface area contributed by atoms with Crippen molar-refractivity contribution in [1.82, 2.24) is 0 Å². The van der Waals surface area contributed by atoms with Crippen molar-refractivity contribution < 1.29 is 33.6 Å². The maximum Gasteiger partial charge on any atom is 0.346 e. The molecule has 1 fully saturated rings. The number of hydrogen-bond donors (Lipinski definition) is 1. The van der Waals surface area contributed by atoms with Crippen LogP contribution in [-0.4, -0.2) is 24.2 Å². The van der Waals surface area contributed by atoms with Crippen molar-refractivity contribution >= 4 is 29.6 Å². The number of methoxy groups -OCH3 is 1. The second kappa shape index (κ2) is 10.6. The highest BCUT2D eigenvalue weighted by molar-refractivity contribution is 6.32. The molecular weight excluding hydrogens is 532 g/mol. The van der Waals surface area contributed by atoms with E-state index in [-0.39, 0.29) is 53.0 Å². The van der Waals surface area contributed by atoms with Gasteiger partial charge in [0.05, 0.1) is 29.2 Å². The lowest BCUT2D eigenvalue weighted by Crippen LogP contribution is -2.36. The average Bonchev–Trinajstić information content (AvgIpc) is 3.50. The number of fused-ring (bicyclic) bond motifs is 4. The van der Waals surface area contributed by atoms with Crippen molar-refractivity contribution in [2.75, 3.05) is 7.11 Å². The first kappa shape index (κ1) is 28.2. The minimum Gasteiger partial charge on any atom is -0.495 e. The number of hydrogen-bond acceptors (Lipinski definition) is 7. The summed E-state index contributed by atoms with van der Waals surface area (Å²) in [6, 6.07) is 3.25. The minimum absolute atomic E-state index is 0.0350. The number of rotatable bonds is 7. The number of halogens is 1. The van der Waals surface area contributed by atoms with Gasteiger partial charge in [0.2, 0.25) is 0 Å². The van der Waals surface area contributed by atoms with E-state index >= 15 is 0 Å². The third-order valence-electron chi connectivity index (χ3n) is 8.44. The van der Waals surface area contributed by atoms with Gasteiger partial charge in [-0.1, -0.05) is 50.3 Å². The van der Waals surface area contributed by atoms with Gasteiger partial charge in [-0.3, -0.25) is 4.79 Å². The molecule has 0 radical (unpaired) electrons. The van der Waals surface area contributed by atoms with E-state index in [0.29, 0.717) is 46.0 Å². The number of allylic oxidation sites excluding steroid dienone is 2. The number of aliphatic hydroxyl groups excluding tert-OH is 1.